The molecular formula is C17H13N3O2. The smallest absolute Gasteiger partial charge is 0.341 e. The predicted molar refractivity (Wildman–Crippen MR) is 81.3 cm³/mol. The van der Waals surface area contributed by atoms with Crippen molar-refractivity contribution in [3.8, 4) is 17.5 Å². The van der Waals surface area contributed by atoms with Crippen molar-refractivity contribution in [1.82, 2.24) is 9.38 Å². The second kappa shape index (κ2) is 5.70. The standard InChI is InChI=1S/C17H13N3O2/c1-2-22-17(21)15-12(11-18)14-8-4-6-10-20(14)16(15)13-7-3-5-9-19-13/h3-10H,2H2,1H3. The molecule has 22 heavy (non-hydrogen) atoms. The number of ether oxygens (including phenoxy) is 1. The first-order valence-corrected chi connectivity index (χ1v) is 6.89. The molecule has 0 bridgehead atoms. The number of hydrogen-bond donors (Lipinski definition) is 0. The maximum atomic E-state index is 12.4. The highest BCUT2D eigenvalue weighted by Gasteiger charge is 2.26. The zero-order valence-electron chi connectivity index (χ0n) is 12.0. The van der Waals surface area contributed by atoms with Crippen molar-refractivity contribution in [2.24, 2.45) is 0 Å². The molecule has 0 fully saturated rings. The summed E-state index contributed by atoms with van der Waals surface area (Å²) < 4.78 is 6.93. The van der Waals surface area contributed by atoms with Crippen molar-refractivity contribution in [2.75, 3.05) is 6.61 Å². The van der Waals surface area contributed by atoms with E-state index in [1.165, 1.54) is 0 Å². The van der Waals surface area contributed by atoms with Gasteiger partial charge in [-0.3, -0.25) is 4.98 Å². The number of carbonyl (C=O) groups is 1. The van der Waals surface area contributed by atoms with Crippen LogP contribution in [-0.4, -0.2) is 22.0 Å². The maximum Gasteiger partial charge on any atom is 0.341 e. The highest BCUT2D eigenvalue weighted by Crippen LogP contribution is 2.31. The van der Waals surface area contributed by atoms with Crippen LogP contribution in [0.4, 0.5) is 0 Å². The van der Waals surface area contributed by atoms with E-state index in [0.29, 0.717) is 22.5 Å². The summed E-state index contributed by atoms with van der Waals surface area (Å²) in [6.45, 7) is 1.98. The van der Waals surface area contributed by atoms with Crippen molar-refractivity contribution >= 4 is 11.5 Å². The zero-order valence-corrected chi connectivity index (χ0v) is 12.0. The molecule has 0 aliphatic heterocycles. The Hall–Kier alpha value is -3.13. The van der Waals surface area contributed by atoms with E-state index in [4.69, 9.17) is 4.74 Å². The summed E-state index contributed by atoms with van der Waals surface area (Å²) in [6, 6.07) is 13.0. The molecule has 0 aliphatic carbocycles. The molecule has 0 aliphatic rings. The molecule has 3 heterocycles. The SMILES string of the molecule is CCOC(=O)c1c(C#N)c2ccccn2c1-c1ccccn1. The molecule has 0 saturated carbocycles. The van der Waals surface area contributed by atoms with Crippen molar-refractivity contribution in [3.05, 3.63) is 59.9 Å². The van der Waals surface area contributed by atoms with Crippen LogP contribution >= 0.6 is 0 Å². The Balaban J connectivity index is 2.40. The highest BCUT2D eigenvalue weighted by molar-refractivity contribution is 6.02. The van der Waals surface area contributed by atoms with Gasteiger partial charge in [-0.1, -0.05) is 12.1 Å². The van der Waals surface area contributed by atoms with E-state index in [9.17, 15) is 10.1 Å². The lowest BCUT2D eigenvalue weighted by atomic mass is 10.1. The van der Waals surface area contributed by atoms with Crippen LogP contribution in [0.25, 0.3) is 16.9 Å². The van der Waals surface area contributed by atoms with Crippen LogP contribution in [0.1, 0.15) is 22.8 Å². The van der Waals surface area contributed by atoms with Gasteiger partial charge in [-0.25, -0.2) is 4.79 Å². The third-order valence-electron chi connectivity index (χ3n) is 3.34. The van der Waals surface area contributed by atoms with Crippen LogP contribution in [-0.2, 0) is 4.74 Å². The summed E-state index contributed by atoms with van der Waals surface area (Å²) in [4.78, 5) is 16.7. The number of hydrogen-bond acceptors (Lipinski definition) is 4. The fourth-order valence-electron chi connectivity index (χ4n) is 2.48. The lowest BCUT2D eigenvalue weighted by molar-refractivity contribution is 0.0527. The molecule has 0 radical (unpaired) electrons. The summed E-state index contributed by atoms with van der Waals surface area (Å²) in [7, 11) is 0. The molecule has 0 amide bonds. The minimum Gasteiger partial charge on any atom is -0.462 e. The largest absolute Gasteiger partial charge is 0.462 e. The lowest BCUT2D eigenvalue weighted by Gasteiger charge is -2.05. The number of esters is 1. The zero-order chi connectivity index (χ0) is 15.5. The number of nitriles is 1. The normalized spacial score (nSPS) is 10.4. The van der Waals surface area contributed by atoms with Crippen molar-refractivity contribution in [1.29, 1.82) is 5.26 Å². The quantitative estimate of drug-likeness (QED) is 0.695. The van der Waals surface area contributed by atoms with E-state index in [-0.39, 0.29) is 12.2 Å². The first kappa shape index (κ1) is 13.8. The average molecular weight is 291 g/mol. The Kier molecular flexibility index (Phi) is 3.58. The molecule has 0 aromatic carbocycles. The molecule has 5 heteroatoms. The minimum absolute atomic E-state index is 0.248. The van der Waals surface area contributed by atoms with Gasteiger partial charge < -0.3 is 9.14 Å². The second-order valence-corrected chi connectivity index (χ2v) is 4.60. The first-order valence-electron chi connectivity index (χ1n) is 6.89. The second-order valence-electron chi connectivity index (χ2n) is 4.60. The Morgan fingerprint density at radius 2 is 2.14 bits per heavy atom. The Morgan fingerprint density at radius 1 is 1.32 bits per heavy atom. The highest BCUT2D eigenvalue weighted by atomic mass is 16.5. The van der Waals surface area contributed by atoms with E-state index in [2.05, 4.69) is 11.1 Å². The van der Waals surface area contributed by atoms with Gasteiger partial charge >= 0.3 is 5.97 Å². The summed E-state index contributed by atoms with van der Waals surface area (Å²) in [5, 5.41) is 9.50. The third-order valence-corrected chi connectivity index (χ3v) is 3.34. The van der Waals surface area contributed by atoms with Crippen LogP contribution in [0.5, 0.6) is 0 Å². The van der Waals surface area contributed by atoms with E-state index in [0.717, 1.165) is 0 Å². The maximum absolute atomic E-state index is 12.4. The minimum atomic E-state index is -0.511. The first-order chi connectivity index (χ1) is 10.8. The molecule has 3 aromatic rings. The van der Waals surface area contributed by atoms with Crippen LogP contribution < -0.4 is 0 Å². The number of carbonyl (C=O) groups excluding carboxylic acids is 1. The van der Waals surface area contributed by atoms with Gasteiger partial charge in [0.1, 0.15) is 11.6 Å². The molecule has 0 N–H and O–H groups in total. The van der Waals surface area contributed by atoms with Crippen LogP contribution in [0.15, 0.2) is 48.8 Å². The van der Waals surface area contributed by atoms with E-state index in [1.54, 1.807) is 35.7 Å². The van der Waals surface area contributed by atoms with Gasteiger partial charge in [-0.05, 0) is 31.2 Å². The van der Waals surface area contributed by atoms with Crippen molar-refractivity contribution in [2.45, 2.75) is 6.92 Å². The molecular weight excluding hydrogens is 278 g/mol. The topological polar surface area (TPSA) is 67.4 Å². The van der Waals surface area contributed by atoms with Gasteiger partial charge in [0.2, 0.25) is 0 Å². The molecule has 0 saturated heterocycles. The number of fused-ring (bicyclic) bond motifs is 1. The lowest BCUT2D eigenvalue weighted by Crippen LogP contribution is -2.07. The van der Waals surface area contributed by atoms with Gasteiger partial charge in [0, 0.05) is 12.4 Å². The predicted octanol–water partition coefficient (Wildman–Crippen LogP) is 3.05. The van der Waals surface area contributed by atoms with Crippen LogP contribution in [0.3, 0.4) is 0 Å². The Bertz CT molecular complexity index is 876. The average Bonchev–Trinajstić information content (AvgIpc) is 2.90. The number of pyridine rings is 2. The Morgan fingerprint density at radius 3 is 2.82 bits per heavy atom. The fourth-order valence-corrected chi connectivity index (χ4v) is 2.48. The summed E-state index contributed by atoms with van der Waals surface area (Å²) in [5.41, 5.74) is 2.42. The van der Waals surface area contributed by atoms with E-state index in [1.807, 2.05) is 24.4 Å². The third kappa shape index (κ3) is 2.11. The fraction of sp³-hybridized carbons (Fsp3) is 0.118. The summed E-state index contributed by atoms with van der Waals surface area (Å²) in [6.07, 6.45) is 3.46. The molecule has 3 rings (SSSR count). The van der Waals surface area contributed by atoms with Crippen LogP contribution in [0.2, 0.25) is 0 Å². The van der Waals surface area contributed by atoms with Crippen molar-refractivity contribution < 1.29 is 9.53 Å². The van der Waals surface area contributed by atoms with Gasteiger partial charge in [-0.2, -0.15) is 5.26 Å². The van der Waals surface area contributed by atoms with E-state index >= 15 is 0 Å². The molecule has 108 valence electrons. The van der Waals surface area contributed by atoms with Crippen molar-refractivity contribution in [3.63, 3.8) is 0 Å². The van der Waals surface area contributed by atoms with Gasteiger partial charge in [0.05, 0.1) is 29.1 Å². The Labute approximate surface area is 127 Å². The summed E-state index contributed by atoms with van der Waals surface area (Å²) >= 11 is 0. The molecule has 0 atom stereocenters. The van der Waals surface area contributed by atoms with Gasteiger partial charge in [0.15, 0.2) is 0 Å². The monoisotopic (exact) mass is 291 g/mol. The van der Waals surface area contributed by atoms with Gasteiger partial charge in [-0.15, -0.1) is 0 Å². The number of rotatable bonds is 3. The van der Waals surface area contributed by atoms with E-state index < -0.39 is 5.97 Å². The number of aromatic nitrogens is 2. The van der Waals surface area contributed by atoms with Gasteiger partial charge in [0.25, 0.3) is 0 Å². The number of nitrogens with zero attached hydrogens (tertiary/aromatic N) is 3. The molecule has 3 aromatic heterocycles. The molecule has 0 spiro atoms. The molecule has 5 nitrogen and oxygen atoms in total. The molecule has 0 unspecified atom stereocenters. The van der Waals surface area contributed by atoms with Crippen LogP contribution in [0, 0.1) is 11.3 Å². The summed E-state index contributed by atoms with van der Waals surface area (Å²) in [5.74, 6) is -0.511.